The zero-order valence-electron chi connectivity index (χ0n) is 14.2. The van der Waals surface area contributed by atoms with Crippen molar-refractivity contribution in [2.45, 2.75) is 38.0 Å². The van der Waals surface area contributed by atoms with E-state index >= 15 is 0 Å². The van der Waals surface area contributed by atoms with Crippen LogP contribution in [-0.4, -0.2) is 14.3 Å². The highest BCUT2D eigenvalue weighted by molar-refractivity contribution is 7.90. The lowest BCUT2D eigenvalue weighted by molar-refractivity contribution is -0.120. The fourth-order valence-corrected chi connectivity index (χ4v) is 3.52. The summed E-state index contributed by atoms with van der Waals surface area (Å²) in [6.45, 7) is 6.00. The Morgan fingerprint density at radius 2 is 1.54 bits per heavy atom. The number of carbonyl (C=O) groups is 1. The van der Waals surface area contributed by atoms with Gasteiger partial charge in [0.25, 0.3) is 10.0 Å². The van der Waals surface area contributed by atoms with Crippen molar-refractivity contribution in [2.75, 3.05) is 0 Å². The number of benzene rings is 2. The van der Waals surface area contributed by atoms with E-state index in [1.54, 1.807) is 25.1 Å². The maximum absolute atomic E-state index is 12.3. The minimum absolute atomic E-state index is 0.0813. The van der Waals surface area contributed by atoms with Crippen molar-refractivity contribution in [3.05, 3.63) is 65.7 Å². The van der Waals surface area contributed by atoms with E-state index in [4.69, 9.17) is 0 Å². The predicted octanol–water partition coefficient (Wildman–Crippen LogP) is 3.49. The van der Waals surface area contributed by atoms with Crippen molar-refractivity contribution in [3.63, 3.8) is 0 Å². The molecule has 1 unspecified atom stereocenters. The lowest BCUT2D eigenvalue weighted by atomic mass is 9.96. The molecule has 0 fully saturated rings. The normalized spacial score (nSPS) is 12.8. The Balaban J connectivity index is 2.09. The Kier molecular flexibility index (Phi) is 5.78. The molecule has 0 aliphatic rings. The van der Waals surface area contributed by atoms with Gasteiger partial charge in [-0.2, -0.15) is 0 Å². The Labute approximate surface area is 144 Å². The first kappa shape index (κ1) is 18.2. The summed E-state index contributed by atoms with van der Waals surface area (Å²) in [6.07, 6.45) is 0.975. The van der Waals surface area contributed by atoms with E-state index in [-0.39, 0.29) is 4.90 Å². The first-order valence-corrected chi connectivity index (χ1v) is 9.48. The summed E-state index contributed by atoms with van der Waals surface area (Å²) < 4.78 is 26.6. The summed E-state index contributed by atoms with van der Waals surface area (Å²) in [6, 6.07) is 15.6. The van der Waals surface area contributed by atoms with Crippen molar-refractivity contribution in [3.8, 4) is 0 Å². The molecule has 0 aliphatic heterocycles. The average Bonchev–Trinajstić information content (AvgIpc) is 2.55. The highest BCUT2D eigenvalue weighted by Gasteiger charge is 2.22. The first-order chi connectivity index (χ1) is 11.3. The fourth-order valence-electron chi connectivity index (χ4n) is 2.44. The third-order valence-corrected chi connectivity index (χ3v) is 5.17. The van der Waals surface area contributed by atoms with Gasteiger partial charge >= 0.3 is 0 Å². The van der Waals surface area contributed by atoms with Crippen molar-refractivity contribution in [1.29, 1.82) is 0 Å². The molecule has 0 bridgehead atoms. The maximum atomic E-state index is 12.3. The summed E-state index contributed by atoms with van der Waals surface area (Å²) in [7, 11) is -3.84. The van der Waals surface area contributed by atoms with Gasteiger partial charge in [-0.25, -0.2) is 13.1 Å². The molecule has 0 saturated heterocycles. The smallest absolute Gasteiger partial charge is 0.264 e. The van der Waals surface area contributed by atoms with Gasteiger partial charge in [-0.1, -0.05) is 56.3 Å². The first-order valence-electron chi connectivity index (χ1n) is 8.00. The van der Waals surface area contributed by atoms with Crippen LogP contribution in [0, 0.1) is 5.92 Å². The fraction of sp³-hybridized carbons (Fsp3) is 0.316. The van der Waals surface area contributed by atoms with Crippen LogP contribution in [0.15, 0.2) is 59.5 Å². The zero-order valence-corrected chi connectivity index (χ0v) is 15.0. The maximum Gasteiger partial charge on any atom is 0.264 e. The van der Waals surface area contributed by atoms with Crippen LogP contribution in [0.1, 0.15) is 37.8 Å². The second-order valence-electron chi connectivity index (χ2n) is 6.34. The van der Waals surface area contributed by atoms with Crippen molar-refractivity contribution in [1.82, 2.24) is 4.72 Å². The van der Waals surface area contributed by atoms with Crippen LogP contribution >= 0.6 is 0 Å². The Morgan fingerprint density at radius 3 is 2.08 bits per heavy atom. The van der Waals surface area contributed by atoms with E-state index in [1.807, 2.05) is 24.3 Å². The molecule has 0 radical (unpaired) electrons. The molecule has 1 amide bonds. The van der Waals surface area contributed by atoms with Gasteiger partial charge in [0.15, 0.2) is 0 Å². The summed E-state index contributed by atoms with van der Waals surface area (Å²) in [5.41, 5.74) is 2.00. The van der Waals surface area contributed by atoms with Gasteiger partial charge < -0.3 is 0 Å². The van der Waals surface area contributed by atoms with Crippen LogP contribution in [0.5, 0.6) is 0 Å². The number of nitrogens with one attached hydrogen (secondary N) is 1. The molecule has 0 spiro atoms. The second-order valence-corrected chi connectivity index (χ2v) is 8.03. The van der Waals surface area contributed by atoms with E-state index in [2.05, 4.69) is 18.6 Å². The van der Waals surface area contributed by atoms with Crippen LogP contribution in [0.4, 0.5) is 0 Å². The molecule has 0 aliphatic carbocycles. The molecule has 1 atom stereocenters. The third-order valence-electron chi connectivity index (χ3n) is 3.81. The highest BCUT2D eigenvalue weighted by Crippen LogP contribution is 2.19. The summed E-state index contributed by atoms with van der Waals surface area (Å²) >= 11 is 0. The largest absolute Gasteiger partial charge is 0.273 e. The Morgan fingerprint density at radius 1 is 0.958 bits per heavy atom. The molecule has 2 aromatic rings. The topological polar surface area (TPSA) is 63.2 Å². The van der Waals surface area contributed by atoms with Gasteiger partial charge in [0, 0.05) is 0 Å². The van der Waals surface area contributed by atoms with Crippen LogP contribution in [0.2, 0.25) is 0 Å². The molecule has 2 rings (SSSR count). The number of carbonyl (C=O) groups excluding carboxylic acids is 1. The van der Waals surface area contributed by atoms with Gasteiger partial charge in [-0.05, 0) is 42.5 Å². The van der Waals surface area contributed by atoms with Crippen molar-refractivity contribution < 1.29 is 13.2 Å². The average molecular weight is 345 g/mol. The summed E-state index contributed by atoms with van der Waals surface area (Å²) in [5, 5.41) is 0. The molecule has 0 saturated carbocycles. The number of amides is 1. The monoisotopic (exact) mass is 345 g/mol. The number of sulfonamides is 1. The zero-order chi connectivity index (χ0) is 17.7. The molecule has 5 heteroatoms. The lowest BCUT2D eigenvalue weighted by Crippen LogP contribution is -2.33. The van der Waals surface area contributed by atoms with Gasteiger partial charge in [-0.3, -0.25) is 4.79 Å². The standard InChI is InChI=1S/C19H23NO3S/c1-14(2)13-16-9-11-17(12-10-16)15(3)19(21)20-24(22,23)18-7-5-4-6-8-18/h4-12,14-15H,13H2,1-3H3,(H,20,21). The molecule has 128 valence electrons. The molecular weight excluding hydrogens is 322 g/mol. The SMILES string of the molecule is CC(C)Cc1ccc(C(C)C(=O)NS(=O)(=O)c2ccccc2)cc1. The predicted molar refractivity (Wildman–Crippen MR) is 95.2 cm³/mol. The number of rotatable bonds is 6. The van der Waals surface area contributed by atoms with E-state index in [0.717, 1.165) is 12.0 Å². The molecule has 0 heterocycles. The third kappa shape index (κ3) is 4.68. The molecular formula is C19H23NO3S. The van der Waals surface area contributed by atoms with Crippen molar-refractivity contribution >= 4 is 15.9 Å². The molecule has 0 aromatic heterocycles. The van der Waals surface area contributed by atoms with E-state index in [9.17, 15) is 13.2 Å². The van der Waals surface area contributed by atoms with Gasteiger partial charge in [0.1, 0.15) is 0 Å². The molecule has 1 N–H and O–H groups in total. The van der Waals surface area contributed by atoms with Crippen LogP contribution in [0.25, 0.3) is 0 Å². The van der Waals surface area contributed by atoms with E-state index < -0.39 is 21.8 Å². The van der Waals surface area contributed by atoms with Crippen LogP contribution in [0.3, 0.4) is 0 Å². The minimum Gasteiger partial charge on any atom is -0.273 e. The van der Waals surface area contributed by atoms with Crippen LogP contribution < -0.4 is 4.72 Å². The molecule has 2 aromatic carbocycles. The highest BCUT2D eigenvalue weighted by atomic mass is 32.2. The van der Waals surface area contributed by atoms with E-state index in [0.29, 0.717) is 5.92 Å². The van der Waals surface area contributed by atoms with Crippen LogP contribution in [-0.2, 0) is 21.2 Å². The Hall–Kier alpha value is -2.14. The number of hydrogen-bond acceptors (Lipinski definition) is 3. The summed E-state index contributed by atoms with van der Waals surface area (Å²) in [5.74, 6) is -0.514. The quantitative estimate of drug-likeness (QED) is 0.871. The van der Waals surface area contributed by atoms with Gasteiger partial charge in [0.05, 0.1) is 10.8 Å². The number of hydrogen-bond donors (Lipinski definition) is 1. The summed E-state index contributed by atoms with van der Waals surface area (Å²) in [4.78, 5) is 12.4. The van der Waals surface area contributed by atoms with Crippen molar-refractivity contribution in [2.24, 2.45) is 5.92 Å². The van der Waals surface area contributed by atoms with E-state index in [1.165, 1.54) is 17.7 Å². The minimum atomic E-state index is -3.84. The lowest BCUT2D eigenvalue weighted by Gasteiger charge is -2.14. The Bertz CT molecular complexity index is 781. The molecule has 4 nitrogen and oxygen atoms in total. The van der Waals surface area contributed by atoms with Gasteiger partial charge in [-0.15, -0.1) is 0 Å². The second kappa shape index (κ2) is 7.62. The molecule has 24 heavy (non-hydrogen) atoms. The van der Waals surface area contributed by atoms with Gasteiger partial charge in [0.2, 0.25) is 5.91 Å².